The number of ether oxygens (including phenoxy) is 1. The highest BCUT2D eigenvalue weighted by Crippen LogP contribution is 2.17. The standard InChI is InChI=1S/C13H21NO/c1-4-13(3,10-14)15-9-12-8-6-5-7-11(12)2/h5-8H,4,9-10,14H2,1-3H3. The summed E-state index contributed by atoms with van der Waals surface area (Å²) in [6.07, 6.45) is 0.940. The minimum atomic E-state index is -0.192. The highest BCUT2D eigenvalue weighted by atomic mass is 16.5. The predicted molar refractivity (Wildman–Crippen MR) is 63.7 cm³/mol. The molecule has 0 aliphatic rings. The van der Waals surface area contributed by atoms with E-state index >= 15 is 0 Å². The van der Waals surface area contributed by atoms with Crippen LogP contribution in [0.1, 0.15) is 31.4 Å². The Morgan fingerprint density at radius 3 is 2.53 bits per heavy atom. The number of nitrogens with two attached hydrogens (primary N) is 1. The molecule has 0 heterocycles. The van der Waals surface area contributed by atoms with E-state index in [2.05, 4.69) is 32.9 Å². The van der Waals surface area contributed by atoms with Gasteiger partial charge in [0.25, 0.3) is 0 Å². The van der Waals surface area contributed by atoms with Gasteiger partial charge < -0.3 is 10.5 Å². The summed E-state index contributed by atoms with van der Waals surface area (Å²) in [5, 5.41) is 0. The van der Waals surface area contributed by atoms with E-state index in [9.17, 15) is 0 Å². The van der Waals surface area contributed by atoms with Gasteiger partial charge in [-0.05, 0) is 31.4 Å². The van der Waals surface area contributed by atoms with Crippen LogP contribution in [0.15, 0.2) is 24.3 Å². The summed E-state index contributed by atoms with van der Waals surface area (Å²) >= 11 is 0. The minimum Gasteiger partial charge on any atom is -0.369 e. The molecule has 1 aromatic carbocycles. The molecule has 15 heavy (non-hydrogen) atoms. The number of rotatable bonds is 5. The molecule has 2 heteroatoms. The highest BCUT2D eigenvalue weighted by molar-refractivity contribution is 5.24. The van der Waals surface area contributed by atoms with Gasteiger partial charge in [-0.1, -0.05) is 31.2 Å². The normalized spacial score (nSPS) is 14.9. The van der Waals surface area contributed by atoms with Gasteiger partial charge in [-0.3, -0.25) is 0 Å². The average Bonchev–Trinajstić information content (AvgIpc) is 2.28. The first-order valence-electron chi connectivity index (χ1n) is 5.50. The van der Waals surface area contributed by atoms with Gasteiger partial charge in [-0.25, -0.2) is 0 Å². The van der Waals surface area contributed by atoms with Crippen LogP contribution in [-0.4, -0.2) is 12.1 Å². The lowest BCUT2D eigenvalue weighted by molar-refractivity contribution is -0.0389. The second kappa shape index (κ2) is 5.29. The van der Waals surface area contributed by atoms with Crippen LogP contribution in [0.3, 0.4) is 0 Å². The van der Waals surface area contributed by atoms with Crippen molar-refractivity contribution in [3.63, 3.8) is 0 Å². The lowest BCUT2D eigenvalue weighted by Gasteiger charge is -2.27. The number of hydrogen-bond acceptors (Lipinski definition) is 2. The van der Waals surface area contributed by atoms with Crippen molar-refractivity contribution < 1.29 is 4.74 Å². The third-order valence-corrected chi connectivity index (χ3v) is 3.02. The van der Waals surface area contributed by atoms with E-state index in [1.807, 2.05) is 12.1 Å². The number of benzene rings is 1. The molecular formula is C13H21NO. The molecule has 0 saturated heterocycles. The summed E-state index contributed by atoms with van der Waals surface area (Å²) < 4.78 is 5.87. The first kappa shape index (κ1) is 12.2. The maximum atomic E-state index is 5.87. The van der Waals surface area contributed by atoms with E-state index in [0.29, 0.717) is 13.2 Å². The summed E-state index contributed by atoms with van der Waals surface area (Å²) in [6.45, 7) is 7.48. The zero-order valence-corrected chi connectivity index (χ0v) is 9.92. The maximum absolute atomic E-state index is 5.87. The van der Waals surface area contributed by atoms with Gasteiger partial charge in [-0.2, -0.15) is 0 Å². The van der Waals surface area contributed by atoms with Crippen molar-refractivity contribution in [2.75, 3.05) is 6.54 Å². The number of hydrogen-bond donors (Lipinski definition) is 1. The van der Waals surface area contributed by atoms with Gasteiger partial charge in [-0.15, -0.1) is 0 Å². The fourth-order valence-electron chi connectivity index (χ4n) is 1.33. The molecule has 0 radical (unpaired) electrons. The Morgan fingerprint density at radius 2 is 2.00 bits per heavy atom. The van der Waals surface area contributed by atoms with E-state index in [1.54, 1.807) is 0 Å². The van der Waals surface area contributed by atoms with E-state index in [1.165, 1.54) is 11.1 Å². The molecule has 2 nitrogen and oxygen atoms in total. The third kappa shape index (κ3) is 3.33. The quantitative estimate of drug-likeness (QED) is 0.805. The summed E-state index contributed by atoms with van der Waals surface area (Å²) in [5.41, 5.74) is 8.02. The second-order valence-electron chi connectivity index (χ2n) is 4.22. The van der Waals surface area contributed by atoms with Crippen LogP contribution >= 0.6 is 0 Å². The van der Waals surface area contributed by atoms with Crippen molar-refractivity contribution in [3.8, 4) is 0 Å². The third-order valence-electron chi connectivity index (χ3n) is 3.02. The Morgan fingerprint density at radius 1 is 1.33 bits per heavy atom. The van der Waals surface area contributed by atoms with Crippen molar-refractivity contribution >= 4 is 0 Å². The summed E-state index contributed by atoms with van der Waals surface area (Å²) in [5.74, 6) is 0. The van der Waals surface area contributed by atoms with Crippen molar-refractivity contribution in [2.24, 2.45) is 5.73 Å². The van der Waals surface area contributed by atoms with Crippen LogP contribution in [0.4, 0.5) is 0 Å². The van der Waals surface area contributed by atoms with Crippen LogP contribution in [0.25, 0.3) is 0 Å². The molecule has 1 rings (SSSR count). The second-order valence-corrected chi connectivity index (χ2v) is 4.22. The van der Waals surface area contributed by atoms with Crippen LogP contribution in [0.5, 0.6) is 0 Å². The lowest BCUT2D eigenvalue weighted by Crippen LogP contribution is -2.36. The molecule has 0 spiro atoms. The fourth-order valence-corrected chi connectivity index (χ4v) is 1.33. The Balaban J connectivity index is 2.61. The van der Waals surface area contributed by atoms with Crippen LogP contribution in [0.2, 0.25) is 0 Å². The zero-order chi connectivity index (χ0) is 11.3. The predicted octanol–water partition coefficient (Wildman–Crippen LogP) is 2.64. The summed E-state index contributed by atoms with van der Waals surface area (Å²) in [6, 6.07) is 8.28. The molecule has 0 saturated carbocycles. The van der Waals surface area contributed by atoms with E-state index in [4.69, 9.17) is 10.5 Å². The minimum absolute atomic E-state index is 0.192. The van der Waals surface area contributed by atoms with Crippen LogP contribution in [0, 0.1) is 6.92 Å². The molecule has 1 atom stereocenters. The molecule has 0 fully saturated rings. The average molecular weight is 207 g/mol. The van der Waals surface area contributed by atoms with Crippen molar-refractivity contribution in [1.82, 2.24) is 0 Å². The molecule has 0 aliphatic heterocycles. The molecule has 0 amide bonds. The molecule has 1 unspecified atom stereocenters. The van der Waals surface area contributed by atoms with Crippen molar-refractivity contribution in [1.29, 1.82) is 0 Å². The van der Waals surface area contributed by atoms with Crippen LogP contribution in [-0.2, 0) is 11.3 Å². The van der Waals surface area contributed by atoms with E-state index in [-0.39, 0.29) is 5.60 Å². The fraction of sp³-hybridized carbons (Fsp3) is 0.538. The van der Waals surface area contributed by atoms with Crippen molar-refractivity contribution in [3.05, 3.63) is 35.4 Å². The van der Waals surface area contributed by atoms with E-state index in [0.717, 1.165) is 6.42 Å². The van der Waals surface area contributed by atoms with Gasteiger partial charge >= 0.3 is 0 Å². The number of aryl methyl sites for hydroxylation is 1. The van der Waals surface area contributed by atoms with Crippen molar-refractivity contribution in [2.45, 2.75) is 39.4 Å². The summed E-state index contributed by atoms with van der Waals surface area (Å²) in [4.78, 5) is 0. The molecular weight excluding hydrogens is 186 g/mol. The maximum Gasteiger partial charge on any atom is 0.0778 e. The van der Waals surface area contributed by atoms with Gasteiger partial charge in [0.05, 0.1) is 12.2 Å². The topological polar surface area (TPSA) is 35.2 Å². The van der Waals surface area contributed by atoms with Gasteiger partial charge in [0, 0.05) is 6.54 Å². The van der Waals surface area contributed by atoms with E-state index < -0.39 is 0 Å². The molecule has 0 aliphatic carbocycles. The Bertz CT molecular complexity index is 305. The molecule has 84 valence electrons. The molecule has 2 N–H and O–H groups in total. The Hall–Kier alpha value is -0.860. The lowest BCUT2D eigenvalue weighted by atomic mass is 10.0. The largest absolute Gasteiger partial charge is 0.369 e. The SMILES string of the molecule is CCC(C)(CN)OCc1ccccc1C. The van der Waals surface area contributed by atoms with Crippen LogP contribution < -0.4 is 5.73 Å². The first-order valence-corrected chi connectivity index (χ1v) is 5.50. The zero-order valence-electron chi connectivity index (χ0n) is 9.92. The monoisotopic (exact) mass is 207 g/mol. The highest BCUT2D eigenvalue weighted by Gasteiger charge is 2.20. The Labute approximate surface area is 92.4 Å². The smallest absolute Gasteiger partial charge is 0.0778 e. The molecule has 0 bridgehead atoms. The summed E-state index contributed by atoms with van der Waals surface area (Å²) in [7, 11) is 0. The molecule has 1 aromatic rings. The van der Waals surface area contributed by atoms with Gasteiger partial charge in [0.1, 0.15) is 0 Å². The molecule has 0 aromatic heterocycles. The van der Waals surface area contributed by atoms with Gasteiger partial charge in [0.2, 0.25) is 0 Å². The van der Waals surface area contributed by atoms with Gasteiger partial charge in [0.15, 0.2) is 0 Å². The Kier molecular flexibility index (Phi) is 4.30. The first-order chi connectivity index (χ1) is 7.11.